The highest BCUT2D eigenvalue weighted by atomic mass is 29.2. The summed E-state index contributed by atoms with van der Waals surface area (Å²) in [7, 11) is -0.444. The van der Waals surface area contributed by atoms with Crippen molar-refractivity contribution in [2.75, 3.05) is 7.11 Å². The molecule has 0 fully saturated rings. The van der Waals surface area contributed by atoms with Gasteiger partial charge in [-0.15, -0.1) is 0 Å². The van der Waals surface area contributed by atoms with E-state index in [-0.39, 0.29) is 0 Å². The van der Waals surface area contributed by atoms with Crippen molar-refractivity contribution in [1.82, 2.24) is 0 Å². The van der Waals surface area contributed by atoms with Crippen molar-refractivity contribution in [3.05, 3.63) is 0 Å². The van der Waals surface area contributed by atoms with Crippen LogP contribution in [0.25, 0.3) is 0 Å². The van der Waals surface area contributed by atoms with Crippen LogP contribution in [0.5, 0.6) is 0 Å². The van der Waals surface area contributed by atoms with E-state index in [4.69, 9.17) is 12.7 Å². The number of hydrogen-bond acceptors (Lipinski definition) is 3. The molecular weight excluding hydrogens is 208 g/mol. The van der Waals surface area contributed by atoms with Crippen molar-refractivity contribution >= 4 is 36.9 Å². The maximum absolute atomic E-state index is 5.66. The third kappa shape index (κ3) is 5.96. The molecule has 0 rings (SSSR count). The van der Waals surface area contributed by atoms with Gasteiger partial charge < -0.3 is 12.7 Å². The minimum Gasteiger partial charge on any atom is -0.464 e. The second-order valence-electron chi connectivity index (χ2n) is 3.08. The lowest BCUT2D eigenvalue weighted by molar-refractivity contribution is 0.349. The Hall–Kier alpha value is 0.748. The molecule has 0 radical (unpaired) electrons. The molecule has 0 heterocycles. The monoisotopic (exact) mass is 226 g/mol. The zero-order valence-electron chi connectivity index (χ0n) is 8.01. The van der Waals surface area contributed by atoms with Gasteiger partial charge in [0.25, 0.3) is 0 Å². The Morgan fingerprint density at radius 1 is 1.45 bits per heavy atom. The van der Waals surface area contributed by atoms with Crippen LogP contribution in [0.15, 0.2) is 0 Å². The van der Waals surface area contributed by atoms with Crippen LogP contribution < -0.4 is 0 Å². The smallest absolute Gasteiger partial charge is 0.307 e. The van der Waals surface area contributed by atoms with Gasteiger partial charge >= 0.3 is 9.28 Å². The highest BCUT2D eigenvalue weighted by Gasteiger charge is 2.22. The summed E-state index contributed by atoms with van der Waals surface area (Å²) in [5.41, 5.74) is 0. The van der Waals surface area contributed by atoms with Gasteiger partial charge in [-0.2, -0.15) is 0 Å². The van der Waals surface area contributed by atoms with Crippen LogP contribution in [0.1, 0.15) is 0 Å². The van der Waals surface area contributed by atoms with Crippen molar-refractivity contribution in [1.29, 1.82) is 0 Å². The van der Waals surface area contributed by atoms with Crippen LogP contribution >= 0.6 is 0 Å². The van der Waals surface area contributed by atoms with Gasteiger partial charge in [-0.25, -0.2) is 0 Å². The van der Waals surface area contributed by atoms with Gasteiger partial charge in [0, 0.05) is 7.11 Å². The topological polar surface area (TPSA) is 27.7 Å². The fraction of sp³-hybridized carbons (Fsp3) is 1.00. The van der Waals surface area contributed by atoms with Crippen molar-refractivity contribution in [3.8, 4) is 0 Å². The molecule has 11 heavy (non-hydrogen) atoms. The first kappa shape index (κ1) is 11.7. The molecular formula is C4H18O3Si4. The van der Waals surface area contributed by atoms with E-state index in [0.29, 0.717) is 0 Å². The van der Waals surface area contributed by atoms with Crippen LogP contribution in [0.2, 0.25) is 19.6 Å². The normalized spacial score (nSPS) is 16.4. The molecule has 3 nitrogen and oxygen atoms in total. The van der Waals surface area contributed by atoms with Crippen molar-refractivity contribution in [2.24, 2.45) is 0 Å². The highest BCUT2D eigenvalue weighted by molar-refractivity contribution is 7.19. The average molecular weight is 227 g/mol. The van der Waals surface area contributed by atoms with E-state index in [2.05, 4.69) is 19.6 Å². The van der Waals surface area contributed by atoms with Gasteiger partial charge in [-0.1, -0.05) is 0 Å². The maximum Gasteiger partial charge on any atom is 0.307 e. The molecule has 1 unspecified atom stereocenters. The van der Waals surface area contributed by atoms with E-state index in [1.807, 2.05) is 0 Å². The lowest BCUT2D eigenvalue weighted by Crippen LogP contribution is -2.42. The first-order valence-corrected chi connectivity index (χ1v) is 12.4. The van der Waals surface area contributed by atoms with Crippen LogP contribution in [0.3, 0.4) is 0 Å². The average Bonchev–Trinajstić information content (AvgIpc) is 2.00. The summed E-state index contributed by atoms with van der Waals surface area (Å²) in [5, 5.41) is 0. The minimum absolute atomic E-state index is 0.431. The summed E-state index contributed by atoms with van der Waals surface area (Å²) in [4.78, 5) is 0. The molecule has 68 valence electrons. The molecule has 0 spiro atoms. The first-order chi connectivity index (χ1) is 5.02. The summed E-state index contributed by atoms with van der Waals surface area (Å²) in [5.74, 6) is 0. The van der Waals surface area contributed by atoms with E-state index in [0.717, 1.165) is 10.5 Å². The third-order valence-corrected chi connectivity index (χ3v) is 16.1. The Balaban J connectivity index is 3.52. The SMILES string of the molecule is CO[SiH](C)O[SiH2][Si](C)(C)O[SiH3]. The van der Waals surface area contributed by atoms with Crippen LogP contribution in [-0.4, -0.2) is 44.0 Å². The Bertz CT molecular complexity index is 110. The van der Waals surface area contributed by atoms with Gasteiger partial charge in [0.2, 0.25) is 0 Å². The molecule has 0 aliphatic rings. The summed E-state index contributed by atoms with van der Waals surface area (Å²) in [6.07, 6.45) is 0. The fourth-order valence-corrected chi connectivity index (χ4v) is 10.8. The van der Waals surface area contributed by atoms with Gasteiger partial charge in [0.05, 0.1) is 0 Å². The van der Waals surface area contributed by atoms with Crippen LogP contribution in [0.4, 0.5) is 0 Å². The first-order valence-electron chi connectivity index (χ1n) is 3.71. The van der Waals surface area contributed by atoms with E-state index in [1.165, 1.54) is 0 Å². The van der Waals surface area contributed by atoms with E-state index in [1.54, 1.807) is 7.11 Å². The molecule has 0 aromatic heterocycles. The number of hydrogen-bond donors (Lipinski definition) is 0. The predicted octanol–water partition coefficient (Wildman–Crippen LogP) is -1.42. The fourth-order valence-electron chi connectivity index (χ4n) is 0.445. The summed E-state index contributed by atoms with van der Waals surface area (Å²) in [6, 6.07) is 0. The van der Waals surface area contributed by atoms with Crippen LogP contribution in [0, 0.1) is 0 Å². The highest BCUT2D eigenvalue weighted by Crippen LogP contribution is 2.00. The molecule has 0 amide bonds. The standard InChI is InChI=1S/C4H18O3Si4/c1-5-10(2)7-9-11(3,4)6-8/h10H,9H2,1-4,8H3. The summed E-state index contributed by atoms with van der Waals surface area (Å²) < 4.78 is 16.3. The van der Waals surface area contributed by atoms with Gasteiger partial charge in [-0.3, -0.25) is 0 Å². The van der Waals surface area contributed by atoms with E-state index in [9.17, 15) is 0 Å². The lowest BCUT2D eigenvalue weighted by atomic mass is 11.8. The predicted molar refractivity (Wildman–Crippen MR) is 58.2 cm³/mol. The molecule has 0 bridgehead atoms. The maximum atomic E-state index is 5.66. The molecule has 0 N–H and O–H groups in total. The minimum atomic E-state index is -1.32. The molecule has 0 aromatic rings. The Kier molecular flexibility index (Phi) is 5.77. The van der Waals surface area contributed by atoms with Crippen molar-refractivity contribution in [3.63, 3.8) is 0 Å². The Morgan fingerprint density at radius 2 is 2.00 bits per heavy atom. The Labute approximate surface area is 76.7 Å². The van der Waals surface area contributed by atoms with E-state index >= 15 is 0 Å². The summed E-state index contributed by atoms with van der Waals surface area (Å²) >= 11 is 0. The van der Waals surface area contributed by atoms with Gasteiger partial charge in [0.1, 0.15) is 10.5 Å². The molecule has 0 aliphatic carbocycles. The summed E-state index contributed by atoms with van der Waals surface area (Å²) in [6.45, 7) is 6.51. The molecule has 7 heteroatoms. The quantitative estimate of drug-likeness (QED) is 0.539. The number of rotatable bonds is 5. The molecule has 1 atom stereocenters. The zero-order chi connectivity index (χ0) is 8.91. The van der Waals surface area contributed by atoms with Crippen LogP contribution in [-0.2, 0) is 12.7 Å². The second-order valence-corrected chi connectivity index (χ2v) is 17.4. The largest absolute Gasteiger partial charge is 0.464 e. The molecule has 0 saturated carbocycles. The lowest BCUT2D eigenvalue weighted by Gasteiger charge is -2.21. The molecule has 0 aliphatic heterocycles. The van der Waals surface area contributed by atoms with E-state index < -0.39 is 26.4 Å². The molecule has 0 saturated heterocycles. The zero-order valence-corrected chi connectivity index (χ0v) is 13.6. The third-order valence-electron chi connectivity index (χ3n) is 1.55. The van der Waals surface area contributed by atoms with Gasteiger partial charge in [-0.05, 0) is 19.6 Å². The van der Waals surface area contributed by atoms with Crippen molar-refractivity contribution < 1.29 is 12.7 Å². The second kappa shape index (κ2) is 5.40. The van der Waals surface area contributed by atoms with Crippen molar-refractivity contribution in [2.45, 2.75) is 19.6 Å². The molecule has 0 aromatic carbocycles. The van der Waals surface area contributed by atoms with Gasteiger partial charge in [0.15, 0.2) is 17.1 Å². The Morgan fingerprint density at radius 3 is 2.36 bits per heavy atom.